The van der Waals surface area contributed by atoms with Crippen molar-refractivity contribution in [3.63, 3.8) is 0 Å². The van der Waals surface area contributed by atoms with Gasteiger partial charge in [-0.1, -0.05) is 5.21 Å². The number of carbonyl (C=O) groups excluding carboxylic acids is 1. The molecular formula is C12H20FN5O. The number of hydrogen-bond acceptors (Lipinski definition) is 4. The van der Waals surface area contributed by atoms with Crippen molar-refractivity contribution in [3.8, 4) is 0 Å². The molecule has 1 aromatic rings. The summed E-state index contributed by atoms with van der Waals surface area (Å²) in [5, 5.41) is 8.11. The molecule has 2 N–H and O–H groups in total. The molecule has 2 rings (SSSR count). The third kappa shape index (κ3) is 3.09. The molecule has 0 aromatic carbocycles. The summed E-state index contributed by atoms with van der Waals surface area (Å²) in [4.78, 5) is 13.0. The Morgan fingerprint density at radius 1 is 1.58 bits per heavy atom. The first kappa shape index (κ1) is 13.9. The number of nitrogens with zero attached hydrogens (tertiary/aromatic N) is 4. The molecule has 0 radical (unpaired) electrons. The van der Waals surface area contributed by atoms with Gasteiger partial charge in [-0.15, -0.1) is 5.10 Å². The van der Waals surface area contributed by atoms with Gasteiger partial charge in [0.05, 0.1) is 23.5 Å². The molecule has 6 nitrogen and oxygen atoms in total. The second kappa shape index (κ2) is 4.88. The molecule has 0 saturated carbocycles. The molecule has 1 aromatic heterocycles. The highest BCUT2D eigenvalue weighted by Gasteiger charge is 2.36. The Morgan fingerprint density at radius 3 is 2.79 bits per heavy atom. The maximum atomic E-state index is 13.4. The predicted octanol–water partition coefficient (Wildman–Crippen LogP) is 0.431. The summed E-state index contributed by atoms with van der Waals surface area (Å²) in [5.74, 6) is -0.483. The molecule has 2 atom stereocenters. The van der Waals surface area contributed by atoms with E-state index in [1.807, 2.05) is 27.0 Å². The molecule has 0 spiro atoms. The summed E-state index contributed by atoms with van der Waals surface area (Å²) in [6.07, 6.45) is 0.988. The predicted molar refractivity (Wildman–Crippen MR) is 67.9 cm³/mol. The third-order valence-corrected chi connectivity index (χ3v) is 3.27. The summed E-state index contributed by atoms with van der Waals surface area (Å²) >= 11 is 0. The van der Waals surface area contributed by atoms with E-state index in [-0.39, 0.29) is 18.5 Å². The number of primary amides is 1. The second-order valence-electron chi connectivity index (χ2n) is 6.01. The maximum Gasteiger partial charge on any atom is 0.234 e. The first-order valence-electron chi connectivity index (χ1n) is 6.36. The minimum absolute atomic E-state index is 0.151. The van der Waals surface area contributed by atoms with E-state index in [0.29, 0.717) is 6.54 Å². The van der Waals surface area contributed by atoms with E-state index in [9.17, 15) is 9.18 Å². The number of hydrogen-bond donors (Lipinski definition) is 1. The number of carbonyl (C=O) groups is 1. The molecule has 0 aliphatic carbocycles. The molecule has 1 fully saturated rings. The minimum atomic E-state index is -1.00. The number of alkyl halides is 1. The van der Waals surface area contributed by atoms with Gasteiger partial charge in [0.2, 0.25) is 5.91 Å². The van der Waals surface area contributed by atoms with Crippen LogP contribution < -0.4 is 5.73 Å². The van der Waals surface area contributed by atoms with Crippen LogP contribution >= 0.6 is 0 Å². The fraction of sp³-hybridized carbons (Fsp3) is 0.750. The fourth-order valence-electron chi connectivity index (χ4n) is 2.23. The van der Waals surface area contributed by atoms with Gasteiger partial charge in [-0.05, 0) is 20.8 Å². The summed E-state index contributed by atoms with van der Waals surface area (Å²) in [6.45, 7) is 6.67. The van der Waals surface area contributed by atoms with E-state index in [1.165, 1.54) is 0 Å². The van der Waals surface area contributed by atoms with Crippen LogP contribution in [0.15, 0.2) is 6.20 Å². The monoisotopic (exact) mass is 269 g/mol. The van der Waals surface area contributed by atoms with Gasteiger partial charge in [-0.3, -0.25) is 9.69 Å². The Hall–Kier alpha value is -1.50. The molecule has 0 bridgehead atoms. The molecule has 1 aliphatic rings. The van der Waals surface area contributed by atoms with Gasteiger partial charge in [-0.2, -0.15) is 0 Å². The number of nitrogens with two attached hydrogens (primary N) is 1. The highest BCUT2D eigenvalue weighted by atomic mass is 19.1. The summed E-state index contributed by atoms with van der Waals surface area (Å²) in [5.41, 5.74) is 5.86. The molecule has 1 saturated heterocycles. The van der Waals surface area contributed by atoms with Crippen molar-refractivity contribution in [3.05, 3.63) is 11.9 Å². The zero-order chi connectivity index (χ0) is 14.2. The van der Waals surface area contributed by atoms with Crippen molar-refractivity contribution in [2.75, 3.05) is 6.54 Å². The molecule has 2 heterocycles. The first-order chi connectivity index (χ1) is 8.77. The van der Waals surface area contributed by atoms with Gasteiger partial charge in [0, 0.05) is 19.5 Å². The SMILES string of the molecule is CC(C)(C)n1cc(CN2C[C@H](F)C[C@H]2C(N)=O)nn1. The van der Waals surface area contributed by atoms with Gasteiger partial charge in [0.15, 0.2) is 0 Å². The maximum absolute atomic E-state index is 13.4. The number of aromatic nitrogens is 3. The van der Waals surface area contributed by atoms with E-state index in [4.69, 9.17) is 5.73 Å². The van der Waals surface area contributed by atoms with Crippen LogP contribution in [-0.2, 0) is 16.9 Å². The van der Waals surface area contributed by atoms with Crippen LogP contribution in [0, 0.1) is 0 Å². The Bertz CT molecular complexity index is 467. The van der Waals surface area contributed by atoms with Crippen LogP contribution in [0.4, 0.5) is 4.39 Å². The quantitative estimate of drug-likeness (QED) is 0.863. The molecular weight excluding hydrogens is 249 g/mol. The lowest BCUT2D eigenvalue weighted by Crippen LogP contribution is -2.39. The molecule has 0 unspecified atom stereocenters. The number of halogens is 1. The number of amides is 1. The number of rotatable bonds is 3. The Kier molecular flexibility index (Phi) is 3.58. The molecule has 7 heteroatoms. The smallest absolute Gasteiger partial charge is 0.234 e. The Labute approximate surface area is 111 Å². The molecule has 1 amide bonds. The zero-order valence-electron chi connectivity index (χ0n) is 11.5. The lowest BCUT2D eigenvalue weighted by atomic mass is 10.1. The van der Waals surface area contributed by atoms with Crippen LogP contribution in [0.2, 0.25) is 0 Å². The van der Waals surface area contributed by atoms with Crippen molar-refractivity contribution in [2.45, 2.75) is 51.5 Å². The normalized spacial score (nSPS) is 24.8. The van der Waals surface area contributed by atoms with Gasteiger partial charge in [-0.25, -0.2) is 9.07 Å². The first-order valence-corrected chi connectivity index (χ1v) is 6.36. The zero-order valence-corrected chi connectivity index (χ0v) is 11.5. The van der Waals surface area contributed by atoms with Crippen LogP contribution in [-0.4, -0.2) is 44.6 Å². The lowest BCUT2D eigenvalue weighted by Gasteiger charge is -2.20. The van der Waals surface area contributed by atoms with Crippen molar-refractivity contribution in [1.82, 2.24) is 19.9 Å². The van der Waals surface area contributed by atoms with E-state index in [2.05, 4.69) is 10.3 Å². The van der Waals surface area contributed by atoms with Crippen molar-refractivity contribution in [1.29, 1.82) is 0 Å². The van der Waals surface area contributed by atoms with Crippen LogP contribution in [0.25, 0.3) is 0 Å². The van der Waals surface area contributed by atoms with Gasteiger partial charge < -0.3 is 5.73 Å². The third-order valence-electron chi connectivity index (χ3n) is 3.27. The van der Waals surface area contributed by atoms with E-state index in [0.717, 1.165) is 5.69 Å². The van der Waals surface area contributed by atoms with Crippen molar-refractivity contribution >= 4 is 5.91 Å². The van der Waals surface area contributed by atoms with E-state index < -0.39 is 18.1 Å². The fourth-order valence-corrected chi connectivity index (χ4v) is 2.23. The minimum Gasteiger partial charge on any atom is -0.368 e. The Balaban J connectivity index is 2.08. The van der Waals surface area contributed by atoms with Crippen molar-refractivity contribution < 1.29 is 9.18 Å². The van der Waals surface area contributed by atoms with Gasteiger partial charge in [0.1, 0.15) is 6.17 Å². The molecule has 106 valence electrons. The standard InChI is InChI=1S/C12H20FN5O/c1-12(2,3)18-7-9(15-16-18)6-17-5-8(13)4-10(17)11(14)19/h7-8,10H,4-6H2,1-3H3,(H2,14,19)/t8-,10+/m1/s1. The largest absolute Gasteiger partial charge is 0.368 e. The van der Waals surface area contributed by atoms with Crippen LogP contribution in [0.1, 0.15) is 32.9 Å². The van der Waals surface area contributed by atoms with Gasteiger partial charge >= 0.3 is 0 Å². The van der Waals surface area contributed by atoms with E-state index >= 15 is 0 Å². The summed E-state index contributed by atoms with van der Waals surface area (Å²) < 4.78 is 15.1. The van der Waals surface area contributed by atoms with E-state index in [1.54, 1.807) is 9.58 Å². The highest BCUT2D eigenvalue weighted by Crippen LogP contribution is 2.22. The lowest BCUT2D eigenvalue weighted by molar-refractivity contribution is -0.122. The van der Waals surface area contributed by atoms with Crippen molar-refractivity contribution in [2.24, 2.45) is 5.73 Å². The van der Waals surface area contributed by atoms with Gasteiger partial charge in [0.25, 0.3) is 0 Å². The summed E-state index contributed by atoms with van der Waals surface area (Å²) in [6, 6.07) is -0.546. The number of likely N-dealkylation sites (tertiary alicyclic amines) is 1. The summed E-state index contributed by atoms with van der Waals surface area (Å²) in [7, 11) is 0. The topological polar surface area (TPSA) is 77.0 Å². The molecule has 1 aliphatic heterocycles. The van der Waals surface area contributed by atoms with Crippen LogP contribution in [0.5, 0.6) is 0 Å². The average Bonchev–Trinajstić information content (AvgIpc) is 2.85. The second-order valence-corrected chi connectivity index (χ2v) is 6.01. The highest BCUT2D eigenvalue weighted by molar-refractivity contribution is 5.80. The Morgan fingerprint density at radius 2 is 2.26 bits per heavy atom. The average molecular weight is 269 g/mol. The van der Waals surface area contributed by atoms with Crippen LogP contribution in [0.3, 0.4) is 0 Å². The molecule has 19 heavy (non-hydrogen) atoms.